The number of nitrogens with two attached hydrogens (primary N) is 1. The van der Waals surface area contributed by atoms with Crippen molar-refractivity contribution in [3.05, 3.63) is 0 Å². The Kier molecular flexibility index (Phi) is 9.18. The highest BCUT2D eigenvalue weighted by Gasteiger charge is 2.13. The number of esters is 1. The molecule has 0 aliphatic rings. The molecule has 0 aliphatic carbocycles. The Morgan fingerprint density at radius 3 is 2.38 bits per heavy atom. The highest BCUT2D eigenvalue weighted by molar-refractivity contribution is 5.70. The molecule has 16 heavy (non-hydrogen) atoms. The first-order valence-corrected chi connectivity index (χ1v) is 5.55. The minimum Gasteiger partial charge on any atom is -0.463 e. The molecule has 0 saturated heterocycles. The Balaban J connectivity index is 3.37. The predicted octanol–water partition coefficient (Wildman–Crippen LogP) is 0.566. The van der Waals surface area contributed by atoms with Gasteiger partial charge in [-0.3, -0.25) is 4.79 Å². The molecule has 2 N–H and O–H groups in total. The minimum atomic E-state index is -0.267. The summed E-state index contributed by atoms with van der Waals surface area (Å²) in [4.78, 5) is 11.3. The number of ether oxygens (including phenoxy) is 3. The molecule has 0 heterocycles. The van der Waals surface area contributed by atoms with Crippen LogP contribution < -0.4 is 5.73 Å². The van der Waals surface area contributed by atoms with Gasteiger partial charge in [0, 0.05) is 13.2 Å². The van der Waals surface area contributed by atoms with E-state index in [0.717, 1.165) is 0 Å². The molecule has 0 aromatic heterocycles. The van der Waals surface area contributed by atoms with Gasteiger partial charge in [-0.15, -0.1) is 0 Å². The van der Waals surface area contributed by atoms with Gasteiger partial charge in [0.1, 0.15) is 6.61 Å². The monoisotopic (exact) mass is 233 g/mol. The fourth-order valence-electron chi connectivity index (χ4n) is 0.946. The number of hydrogen-bond acceptors (Lipinski definition) is 5. The van der Waals surface area contributed by atoms with Gasteiger partial charge in [0.15, 0.2) is 0 Å². The lowest BCUT2D eigenvalue weighted by Gasteiger charge is -2.14. The first-order valence-electron chi connectivity index (χ1n) is 5.55. The van der Waals surface area contributed by atoms with Gasteiger partial charge >= 0.3 is 5.97 Å². The molecular weight excluding hydrogens is 210 g/mol. The van der Waals surface area contributed by atoms with E-state index in [1.54, 1.807) is 7.11 Å². The fraction of sp³-hybridized carbons (Fsp3) is 0.909. The highest BCUT2D eigenvalue weighted by Crippen LogP contribution is 2.03. The Hall–Kier alpha value is -0.650. The number of methoxy groups -OCH3 is 1. The van der Waals surface area contributed by atoms with Gasteiger partial charge in [0.2, 0.25) is 0 Å². The molecule has 0 spiro atoms. The summed E-state index contributed by atoms with van der Waals surface area (Å²) < 4.78 is 14.9. The normalized spacial score (nSPS) is 12.8. The van der Waals surface area contributed by atoms with E-state index in [-0.39, 0.29) is 31.0 Å². The van der Waals surface area contributed by atoms with Crippen LogP contribution in [0.5, 0.6) is 0 Å². The van der Waals surface area contributed by atoms with Crippen LogP contribution in [0.25, 0.3) is 0 Å². The number of hydrogen-bond donors (Lipinski definition) is 1. The summed E-state index contributed by atoms with van der Waals surface area (Å²) in [5.74, 6) is 0.0158. The van der Waals surface area contributed by atoms with E-state index in [2.05, 4.69) is 0 Å². The summed E-state index contributed by atoms with van der Waals surface area (Å²) in [5.41, 5.74) is 5.74. The lowest BCUT2D eigenvalue weighted by Crippen LogP contribution is -2.30. The van der Waals surface area contributed by atoms with E-state index in [0.29, 0.717) is 19.8 Å². The van der Waals surface area contributed by atoms with Crippen molar-refractivity contribution in [2.24, 2.45) is 11.7 Å². The third kappa shape index (κ3) is 8.64. The van der Waals surface area contributed by atoms with Crippen LogP contribution in [-0.2, 0) is 19.0 Å². The van der Waals surface area contributed by atoms with Crippen LogP contribution in [0.1, 0.15) is 20.3 Å². The fourth-order valence-corrected chi connectivity index (χ4v) is 0.946. The van der Waals surface area contributed by atoms with Crippen LogP contribution in [-0.4, -0.2) is 45.5 Å². The summed E-state index contributed by atoms with van der Waals surface area (Å²) in [7, 11) is 1.61. The van der Waals surface area contributed by atoms with Crippen LogP contribution >= 0.6 is 0 Å². The average molecular weight is 233 g/mol. The smallest absolute Gasteiger partial charge is 0.307 e. The maximum Gasteiger partial charge on any atom is 0.307 e. The SMILES string of the molecule is COCCOCCOC(=O)CC(N)C(C)C. The zero-order valence-electron chi connectivity index (χ0n) is 10.4. The van der Waals surface area contributed by atoms with E-state index in [9.17, 15) is 4.79 Å². The lowest BCUT2D eigenvalue weighted by molar-refractivity contribution is -0.145. The first-order chi connectivity index (χ1) is 7.57. The van der Waals surface area contributed by atoms with Gasteiger partial charge in [-0.1, -0.05) is 13.8 Å². The van der Waals surface area contributed by atoms with Gasteiger partial charge in [-0.2, -0.15) is 0 Å². The van der Waals surface area contributed by atoms with E-state index >= 15 is 0 Å². The second kappa shape index (κ2) is 9.57. The predicted molar refractivity (Wildman–Crippen MR) is 61.1 cm³/mol. The van der Waals surface area contributed by atoms with E-state index < -0.39 is 0 Å². The molecule has 0 amide bonds. The zero-order chi connectivity index (χ0) is 12.4. The molecule has 1 unspecified atom stereocenters. The van der Waals surface area contributed by atoms with Crippen LogP contribution in [0.4, 0.5) is 0 Å². The van der Waals surface area contributed by atoms with Gasteiger partial charge in [-0.25, -0.2) is 0 Å². The zero-order valence-corrected chi connectivity index (χ0v) is 10.4. The number of carbonyl (C=O) groups is 1. The third-order valence-corrected chi connectivity index (χ3v) is 2.18. The topological polar surface area (TPSA) is 70.8 Å². The Morgan fingerprint density at radius 1 is 1.19 bits per heavy atom. The molecule has 0 rings (SSSR count). The second-order valence-electron chi connectivity index (χ2n) is 3.94. The van der Waals surface area contributed by atoms with E-state index in [4.69, 9.17) is 19.9 Å². The van der Waals surface area contributed by atoms with Crippen molar-refractivity contribution in [1.82, 2.24) is 0 Å². The molecule has 0 radical (unpaired) electrons. The number of rotatable bonds is 9. The summed E-state index contributed by atoms with van der Waals surface area (Å²) in [6.45, 7) is 5.68. The molecule has 5 nitrogen and oxygen atoms in total. The highest BCUT2D eigenvalue weighted by atomic mass is 16.6. The molecule has 0 saturated carbocycles. The Morgan fingerprint density at radius 2 is 1.81 bits per heavy atom. The summed E-state index contributed by atoms with van der Waals surface area (Å²) >= 11 is 0. The van der Waals surface area contributed by atoms with Crippen LogP contribution in [0.3, 0.4) is 0 Å². The molecule has 0 aromatic carbocycles. The van der Waals surface area contributed by atoms with Crippen molar-refractivity contribution >= 4 is 5.97 Å². The van der Waals surface area contributed by atoms with Crippen LogP contribution in [0, 0.1) is 5.92 Å². The molecule has 96 valence electrons. The van der Waals surface area contributed by atoms with Gasteiger partial charge < -0.3 is 19.9 Å². The quantitative estimate of drug-likeness (QED) is 0.465. The van der Waals surface area contributed by atoms with Gasteiger partial charge in [-0.05, 0) is 5.92 Å². The van der Waals surface area contributed by atoms with Crippen molar-refractivity contribution in [1.29, 1.82) is 0 Å². The molecule has 1 atom stereocenters. The summed E-state index contributed by atoms with van der Waals surface area (Å²) in [6.07, 6.45) is 0.260. The molecule has 0 fully saturated rings. The van der Waals surface area contributed by atoms with Crippen molar-refractivity contribution in [3.8, 4) is 0 Å². The lowest BCUT2D eigenvalue weighted by atomic mass is 10.0. The van der Waals surface area contributed by atoms with Crippen LogP contribution in [0.2, 0.25) is 0 Å². The Labute approximate surface area is 97.2 Å². The molecule has 0 aliphatic heterocycles. The maximum absolute atomic E-state index is 11.3. The standard InChI is InChI=1S/C11H23NO4/c1-9(2)10(12)8-11(13)16-7-6-15-5-4-14-3/h9-10H,4-8,12H2,1-3H3. The summed E-state index contributed by atoms with van der Waals surface area (Å²) in [6, 6.07) is -0.137. The van der Waals surface area contributed by atoms with Gasteiger partial charge in [0.05, 0.1) is 26.2 Å². The van der Waals surface area contributed by atoms with Crippen molar-refractivity contribution in [2.75, 3.05) is 33.5 Å². The van der Waals surface area contributed by atoms with Crippen LogP contribution in [0.15, 0.2) is 0 Å². The molecule has 5 heteroatoms. The Bertz CT molecular complexity index is 185. The van der Waals surface area contributed by atoms with Crippen molar-refractivity contribution in [2.45, 2.75) is 26.3 Å². The van der Waals surface area contributed by atoms with E-state index in [1.165, 1.54) is 0 Å². The van der Waals surface area contributed by atoms with Crippen molar-refractivity contribution < 1.29 is 19.0 Å². The average Bonchev–Trinajstić information content (AvgIpc) is 2.23. The maximum atomic E-state index is 11.3. The van der Waals surface area contributed by atoms with Gasteiger partial charge in [0.25, 0.3) is 0 Å². The second-order valence-corrected chi connectivity index (χ2v) is 3.94. The summed E-state index contributed by atoms with van der Waals surface area (Å²) in [5, 5.41) is 0. The third-order valence-electron chi connectivity index (χ3n) is 2.18. The minimum absolute atomic E-state index is 0.137. The first kappa shape index (κ1) is 15.3. The molecular formula is C11H23NO4. The van der Waals surface area contributed by atoms with E-state index in [1.807, 2.05) is 13.8 Å². The molecule has 0 aromatic rings. The number of carbonyl (C=O) groups excluding carboxylic acids is 1. The van der Waals surface area contributed by atoms with Crippen molar-refractivity contribution in [3.63, 3.8) is 0 Å². The molecule has 0 bridgehead atoms. The largest absolute Gasteiger partial charge is 0.463 e.